The van der Waals surface area contributed by atoms with E-state index in [1.807, 2.05) is 0 Å². The van der Waals surface area contributed by atoms with Gasteiger partial charge < -0.3 is 6.42 Å². The topological polar surface area (TPSA) is 0 Å². The second-order valence-electron chi connectivity index (χ2n) is 2.71. The molecule has 0 heterocycles. The first-order valence-corrected chi connectivity index (χ1v) is 4.07. The second kappa shape index (κ2) is 7.75. The Kier molecular flexibility index (Phi) is 8.54. The van der Waals surface area contributed by atoms with Crippen molar-refractivity contribution in [2.45, 2.75) is 32.6 Å². The van der Waals surface area contributed by atoms with Crippen LogP contribution >= 0.6 is 0 Å². The van der Waals surface area contributed by atoms with Crippen LogP contribution in [-0.4, -0.2) is 0 Å². The van der Waals surface area contributed by atoms with Crippen molar-refractivity contribution in [3.63, 3.8) is 0 Å². The standard InChI is InChI=1S/C10H15.K/c1-2-3-7-10-8-5-4-6-9-10;/h2,5,8-9H,3-4,6-7H2,1H3;/q-1;+1. The van der Waals surface area contributed by atoms with Crippen LogP contribution in [0.5, 0.6) is 0 Å². The quantitative estimate of drug-likeness (QED) is 0.426. The van der Waals surface area contributed by atoms with Gasteiger partial charge in [0.05, 0.1) is 0 Å². The molecule has 0 N–H and O–H groups in total. The number of hydrogen-bond donors (Lipinski definition) is 0. The van der Waals surface area contributed by atoms with Gasteiger partial charge in [0.25, 0.3) is 0 Å². The van der Waals surface area contributed by atoms with Gasteiger partial charge in [0.15, 0.2) is 0 Å². The SMILES string of the molecule is C[CH-]CCC1=CCCC=C1.[K+]. The molecule has 0 spiro atoms. The van der Waals surface area contributed by atoms with Crippen molar-refractivity contribution in [2.75, 3.05) is 0 Å². The number of rotatable bonds is 3. The van der Waals surface area contributed by atoms with Gasteiger partial charge in [-0.3, -0.25) is 0 Å². The number of allylic oxidation sites excluding steroid dienone is 4. The normalized spacial score (nSPS) is 15.5. The average molecular weight is 174 g/mol. The molecule has 0 aromatic rings. The molecule has 0 aromatic heterocycles. The van der Waals surface area contributed by atoms with Crippen LogP contribution in [0, 0.1) is 6.42 Å². The van der Waals surface area contributed by atoms with Gasteiger partial charge in [0.2, 0.25) is 0 Å². The van der Waals surface area contributed by atoms with E-state index < -0.39 is 0 Å². The van der Waals surface area contributed by atoms with Crippen molar-refractivity contribution >= 4 is 0 Å². The van der Waals surface area contributed by atoms with Crippen LogP contribution < -0.4 is 51.4 Å². The van der Waals surface area contributed by atoms with Gasteiger partial charge in [-0.2, -0.15) is 13.3 Å². The molecule has 1 heteroatoms. The summed E-state index contributed by atoms with van der Waals surface area (Å²) >= 11 is 0. The molecule has 1 rings (SSSR count). The monoisotopic (exact) mass is 174 g/mol. The maximum absolute atomic E-state index is 2.35. The predicted octanol–water partition coefficient (Wildman–Crippen LogP) is 0.271. The summed E-state index contributed by atoms with van der Waals surface area (Å²) < 4.78 is 0. The average Bonchev–Trinajstić information content (AvgIpc) is 2.03. The van der Waals surface area contributed by atoms with Gasteiger partial charge in [-0.1, -0.05) is 30.2 Å². The Morgan fingerprint density at radius 3 is 2.82 bits per heavy atom. The molecule has 0 amide bonds. The Bertz CT molecular complexity index is 145. The van der Waals surface area contributed by atoms with E-state index in [0.29, 0.717) is 0 Å². The molecule has 0 bridgehead atoms. The van der Waals surface area contributed by atoms with Gasteiger partial charge in [0.1, 0.15) is 0 Å². The molecule has 1 aliphatic carbocycles. The molecule has 0 aliphatic heterocycles. The molecule has 0 saturated carbocycles. The fourth-order valence-electron chi connectivity index (χ4n) is 1.16. The maximum Gasteiger partial charge on any atom is 1.00 e. The third-order valence-corrected chi connectivity index (χ3v) is 1.79. The molecular formula is C10H15K. The summed E-state index contributed by atoms with van der Waals surface area (Å²) in [5.41, 5.74) is 1.52. The van der Waals surface area contributed by atoms with Crippen molar-refractivity contribution < 1.29 is 51.4 Å². The molecule has 11 heavy (non-hydrogen) atoms. The number of hydrogen-bond acceptors (Lipinski definition) is 0. The first-order valence-electron chi connectivity index (χ1n) is 4.07. The zero-order valence-corrected chi connectivity index (χ0v) is 10.8. The van der Waals surface area contributed by atoms with Gasteiger partial charge in [-0.05, 0) is 12.8 Å². The molecule has 0 fully saturated rings. The first-order chi connectivity index (χ1) is 4.93. The molecule has 0 aromatic carbocycles. The van der Waals surface area contributed by atoms with E-state index in [-0.39, 0.29) is 51.4 Å². The predicted molar refractivity (Wildman–Crippen MR) is 45.7 cm³/mol. The van der Waals surface area contributed by atoms with E-state index in [2.05, 4.69) is 31.6 Å². The van der Waals surface area contributed by atoms with Gasteiger partial charge in [-0.15, -0.1) is 0 Å². The summed E-state index contributed by atoms with van der Waals surface area (Å²) in [6.45, 7) is 2.12. The Morgan fingerprint density at radius 2 is 2.27 bits per heavy atom. The zero-order chi connectivity index (χ0) is 7.23. The van der Waals surface area contributed by atoms with Crippen LogP contribution in [0.2, 0.25) is 0 Å². The Labute approximate surface area is 113 Å². The van der Waals surface area contributed by atoms with Crippen molar-refractivity contribution in [1.29, 1.82) is 0 Å². The van der Waals surface area contributed by atoms with E-state index in [4.69, 9.17) is 0 Å². The van der Waals surface area contributed by atoms with Crippen LogP contribution in [0.4, 0.5) is 0 Å². The van der Waals surface area contributed by atoms with E-state index in [1.54, 1.807) is 0 Å². The summed E-state index contributed by atoms with van der Waals surface area (Å²) in [4.78, 5) is 0. The summed E-state index contributed by atoms with van der Waals surface area (Å²) in [5.74, 6) is 0. The fraction of sp³-hybridized carbons (Fsp3) is 0.500. The van der Waals surface area contributed by atoms with E-state index in [0.717, 1.165) is 0 Å². The molecule has 0 radical (unpaired) electrons. The van der Waals surface area contributed by atoms with E-state index in [1.165, 1.54) is 31.3 Å². The molecule has 0 atom stereocenters. The summed E-state index contributed by atoms with van der Waals surface area (Å²) in [6.07, 6.45) is 14.0. The van der Waals surface area contributed by atoms with Crippen LogP contribution in [-0.2, 0) is 0 Å². The summed E-state index contributed by atoms with van der Waals surface area (Å²) in [6, 6.07) is 0. The third kappa shape index (κ3) is 5.37. The van der Waals surface area contributed by atoms with Crippen LogP contribution in [0.3, 0.4) is 0 Å². The molecule has 0 unspecified atom stereocenters. The molecule has 0 nitrogen and oxygen atoms in total. The third-order valence-electron chi connectivity index (χ3n) is 1.79. The summed E-state index contributed by atoms with van der Waals surface area (Å²) in [5, 5.41) is 0. The Balaban J connectivity index is 0.000001000. The van der Waals surface area contributed by atoms with Crippen molar-refractivity contribution in [2.24, 2.45) is 0 Å². The van der Waals surface area contributed by atoms with Gasteiger partial charge >= 0.3 is 51.4 Å². The van der Waals surface area contributed by atoms with Crippen LogP contribution in [0.1, 0.15) is 32.6 Å². The van der Waals surface area contributed by atoms with Crippen molar-refractivity contribution in [3.8, 4) is 0 Å². The minimum Gasteiger partial charge on any atom is -0.331 e. The molecule has 1 aliphatic rings. The van der Waals surface area contributed by atoms with Crippen LogP contribution in [0.25, 0.3) is 0 Å². The largest absolute Gasteiger partial charge is 1.00 e. The first kappa shape index (κ1) is 12.1. The smallest absolute Gasteiger partial charge is 0.331 e. The van der Waals surface area contributed by atoms with Gasteiger partial charge in [0, 0.05) is 0 Å². The minimum atomic E-state index is 0. The Hall–Kier alpha value is 1.12. The maximum atomic E-state index is 2.35. The van der Waals surface area contributed by atoms with E-state index >= 15 is 0 Å². The molecule has 0 saturated heterocycles. The van der Waals surface area contributed by atoms with E-state index in [9.17, 15) is 0 Å². The fourth-order valence-corrected chi connectivity index (χ4v) is 1.16. The second-order valence-corrected chi connectivity index (χ2v) is 2.71. The summed E-state index contributed by atoms with van der Waals surface area (Å²) in [7, 11) is 0. The van der Waals surface area contributed by atoms with Crippen molar-refractivity contribution in [1.82, 2.24) is 0 Å². The van der Waals surface area contributed by atoms with Crippen molar-refractivity contribution in [3.05, 3.63) is 30.2 Å². The van der Waals surface area contributed by atoms with Gasteiger partial charge in [-0.25, -0.2) is 0 Å². The zero-order valence-electron chi connectivity index (χ0n) is 7.64. The molecular weight excluding hydrogens is 159 g/mol. The van der Waals surface area contributed by atoms with Crippen LogP contribution in [0.15, 0.2) is 23.8 Å². The number of unbranched alkanes of at least 4 members (excludes halogenated alkanes) is 1. The Morgan fingerprint density at radius 1 is 1.45 bits per heavy atom. The minimum absolute atomic E-state index is 0. The molecule has 56 valence electrons.